The highest BCUT2D eigenvalue weighted by molar-refractivity contribution is 6.35. The van der Waals surface area contributed by atoms with Crippen molar-refractivity contribution in [3.05, 3.63) is 28.9 Å². The molecule has 0 amide bonds. The molecule has 2 fully saturated rings. The van der Waals surface area contributed by atoms with E-state index in [1.54, 1.807) is 0 Å². The van der Waals surface area contributed by atoms with Crippen molar-refractivity contribution in [1.29, 1.82) is 0 Å². The maximum atomic E-state index is 6.39. The van der Waals surface area contributed by atoms with Crippen molar-refractivity contribution in [3.63, 3.8) is 0 Å². The maximum absolute atomic E-state index is 6.39. The molecular formula is C15H19ClN4. The second kappa shape index (κ2) is 4.72. The molecule has 0 aliphatic carbocycles. The molecule has 1 N–H and O–H groups in total. The Kier molecular flexibility index (Phi) is 2.98. The number of aryl methyl sites for hydroxylation is 1. The molecular weight excluding hydrogens is 272 g/mol. The summed E-state index contributed by atoms with van der Waals surface area (Å²) in [5, 5.41) is 10.1. The minimum absolute atomic E-state index is 0.676. The Morgan fingerprint density at radius 1 is 1.40 bits per heavy atom. The molecule has 2 aromatic rings. The van der Waals surface area contributed by atoms with Gasteiger partial charge in [0.25, 0.3) is 0 Å². The van der Waals surface area contributed by atoms with Crippen LogP contribution in [-0.4, -0.2) is 40.4 Å². The average molecular weight is 291 g/mol. The third-order valence-corrected chi connectivity index (χ3v) is 5.13. The standard InChI is InChI=1S/C15H19ClN4/c1-19-13-4-2-3-11(16)15(13)12(18-19)9-20-6-5-10-7-17-8-14(10)20/h2-4,10,14,17H,5-9H2,1H3/t10-,14+/m1/s1. The van der Waals surface area contributed by atoms with E-state index in [1.165, 1.54) is 19.5 Å². The maximum Gasteiger partial charge on any atom is 0.0858 e. The molecule has 0 bridgehead atoms. The molecule has 0 unspecified atom stereocenters. The average Bonchev–Trinajstić information content (AvgIpc) is 3.08. The van der Waals surface area contributed by atoms with Crippen LogP contribution < -0.4 is 5.32 Å². The fourth-order valence-corrected chi connectivity index (χ4v) is 4.07. The van der Waals surface area contributed by atoms with Gasteiger partial charge in [0.05, 0.1) is 16.2 Å². The van der Waals surface area contributed by atoms with Gasteiger partial charge in [-0.15, -0.1) is 0 Å². The summed E-state index contributed by atoms with van der Waals surface area (Å²) in [6.45, 7) is 4.37. The summed E-state index contributed by atoms with van der Waals surface area (Å²) in [5.74, 6) is 0.820. The quantitative estimate of drug-likeness (QED) is 0.919. The third kappa shape index (κ3) is 1.86. The second-order valence-corrected chi connectivity index (χ2v) is 6.36. The number of hydrogen-bond acceptors (Lipinski definition) is 3. The van der Waals surface area contributed by atoms with Crippen LogP contribution in [0.5, 0.6) is 0 Å². The zero-order valence-corrected chi connectivity index (χ0v) is 12.4. The summed E-state index contributed by atoms with van der Waals surface area (Å²) < 4.78 is 1.94. The fraction of sp³-hybridized carbons (Fsp3) is 0.533. The summed E-state index contributed by atoms with van der Waals surface area (Å²) in [7, 11) is 1.99. The molecule has 2 saturated heterocycles. The molecule has 2 aliphatic heterocycles. The van der Waals surface area contributed by atoms with Gasteiger partial charge in [0, 0.05) is 31.6 Å². The predicted molar refractivity (Wildman–Crippen MR) is 80.9 cm³/mol. The van der Waals surface area contributed by atoms with E-state index in [1.807, 2.05) is 23.9 Å². The summed E-state index contributed by atoms with van der Waals surface area (Å²) in [6.07, 6.45) is 1.30. The van der Waals surface area contributed by atoms with E-state index in [-0.39, 0.29) is 0 Å². The van der Waals surface area contributed by atoms with Crippen molar-refractivity contribution in [1.82, 2.24) is 20.0 Å². The van der Waals surface area contributed by atoms with Gasteiger partial charge in [-0.1, -0.05) is 17.7 Å². The Labute approximate surface area is 123 Å². The van der Waals surface area contributed by atoms with Gasteiger partial charge in [-0.2, -0.15) is 5.10 Å². The first-order valence-electron chi connectivity index (χ1n) is 7.29. The van der Waals surface area contributed by atoms with Gasteiger partial charge < -0.3 is 5.32 Å². The van der Waals surface area contributed by atoms with Crippen LogP contribution in [0.4, 0.5) is 0 Å². The Balaban J connectivity index is 1.69. The highest BCUT2D eigenvalue weighted by Crippen LogP contribution is 2.32. The molecule has 1 aromatic heterocycles. The van der Waals surface area contributed by atoms with Crippen LogP contribution in [0.15, 0.2) is 18.2 Å². The van der Waals surface area contributed by atoms with Gasteiger partial charge in [-0.05, 0) is 37.6 Å². The van der Waals surface area contributed by atoms with Gasteiger partial charge >= 0.3 is 0 Å². The lowest BCUT2D eigenvalue weighted by atomic mass is 10.1. The van der Waals surface area contributed by atoms with E-state index < -0.39 is 0 Å². The number of hydrogen-bond donors (Lipinski definition) is 1. The number of aromatic nitrogens is 2. The van der Waals surface area contributed by atoms with E-state index >= 15 is 0 Å². The van der Waals surface area contributed by atoms with Crippen LogP contribution >= 0.6 is 11.6 Å². The van der Waals surface area contributed by atoms with E-state index in [0.717, 1.165) is 40.6 Å². The van der Waals surface area contributed by atoms with Crippen LogP contribution in [0.2, 0.25) is 5.02 Å². The zero-order valence-electron chi connectivity index (χ0n) is 11.6. The molecule has 106 valence electrons. The smallest absolute Gasteiger partial charge is 0.0858 e. The van der Waals surface area contributed by atoms with Crippen molar-refractivity contribution in [3.8, 4) is 0 Å². The molecule has 0 saturated carbocycles. The molecule has 4 nitrogen and oxygen atoms in total. The minimum Gasteiger partial charge on any atom is -0.315 e. The van der Waals surface area contributed by atoms with E-state index in [0.29, 0.717) is 6.04 Å². The van der Waals surface area contributed by atoms with Gasteiger partial charge in [0.2, 0.25) is 0 Å². The first kappa shape index (κ1) is 12.6. The van der Waals surface area contributed by atoms with Crippen molar-refractivity contribution in [2.75, 3.05) is 19.6 Å². The summed E-state index contributed by atoms with van der Waals surface area (Å²) in [5.41, 5.74) is 2.23. The van der Waals surface area contributed by atoms with Crippen molar-refractivity contribution < 1.29 is 0 Å². The minimum atomic E-state index is 0.676. The number of nitrogens with zero attached hydrogens (tertiary/aromatic N) is 3. The van der Waals surface area contributed by atoms with Crippen LogP contribution in [0.25, 0.3) is 10.9 Å². The zero-order chi connectivity index (χ0) is 13.7. The lowest BCUT2D eigenvalue weighted by Crippen LogP contribution is -2.33. The van der Waals surface area contributed by atoms with Gasteiger partial charge in [0.15, 0.2) is 0 Å². The summed E-state index contributed by atoms with van der Waals surface area (Å²) in [4.78, 5) is 2.57. The largest absolute Gasteiger partial charge is 0.315 e. The van der Waals surface area contributed by atoms with Crippen LogP contribution in [0.3, 0.4) is 0 Å². The molecule has 0 spiro atoms. The third-order valence-electron chi connectivity index (χ3n) is 4.81. The Morgan fingerprint density at radius 3 is 3.20 bits per heavy atom. The Hall–Kier alpha value is -1.10. The molecule has 3 heterocycles. The SMILES string of the molecule is Cn1nc(CN2CC[C@@H]3CNC[C@@H]32)c2c(Cl)cccc21. The second-order valence-electron chi connectivity index (χ2n) is 5.95. The highest BCUT2D eigenvalue weighted by Gasteiger charge is 2.37. The van der Waals surface area contributed by atoms with Gasteiger partial charge in [-0.25, -0.2) is 0 Å². The first-order chi connectivity index (χ1) is 9.74. The number of nitrogens with one attached hydrogen (secondary N) is 1. The molecule has 2 atom stereocenters. The Bertz CT molecular complexity index is 651. The highest BCUT2D eigenvalue weighted by atomic mass is 35.5. The van der Waals surface area contributed by atoms with Crippen LogP contribution in [-0.2, 0) is 13.6 Å². The summed E-state index contributed by atoms with van der Waals surface area (Å²) in [6, 6.07) is 6.71. The number of fused-ring (bicyclic) bond motifs is 2. The lowest BCUT2D eigenvalue weighted by Gasteiger charge is -2.22. The molecule has 1 aromatic carbocycles. The number of benzene rings is 1. The van der Waals surface area contributed by atoms with E-state index in [2.05, 4.69) is 16.3 Å². The van der Waals surface area contributed by atoms with E-state index in [9.17, 15) is 0 Å². The number of halogens is 1. The van der Waals surface area contributed by atoms with Crippen molar-refractivity contribution >= 4 is 22.5 Å². The summed E-state index contributed by atoms with van der Waals surface area (Å²) >= 11 is 6.39. The molecule has 2 aliphatic rings. The number of rotatable bonds is 2. The van der Waals surface area contributed by atoms with Crippen molar-refractivity contribution in [2.24, 2.45) is 13.0 Å². The Morgan fingerprint density at radius 2 is 2.30 bits per heavy atom. The van der Waals surface area contributed by atoms with Gasteiger partial charge in [0.1, 0.15) is 0 Å². The lowest BCUT2D eigenvalue weighted by molar-refractivity contribution is 0.241. The molecule has 20 heavy (non-hydrogen) atoms. The monoisotopic (exact) mass is 290 g/mol. The van der Waals surface area contributed by atoms with Crippen molar-refractivity contribution in [2.45, 2.75) is 19.0 Å². The van der Waals surface area contributed by atoms with Gasteiger partial charge in [-0.3, -0.25) is 9.58 Å². The molecule has 4 rings (SSSR count). The predicted octanol–water partition coefficient (Wildman–Crippen LogP) is 2.02. The van der Waals surface area contributed by atoms with Crippen LogP contribution in [0, 0.1) is 5.92 Å². The first-order valence-corrected chi connectivity index (χ1v) is 7.66. The number of likely N-dealkylation sites (tertiary alicyclic amines) is 1. The molecule has 5 heteroatoms. The topological polar surface area (TPSA) is 33.1 Å². The fourth-order valence-electron chi connectivity index (χ4n) is 3.79. The molecule has 0 radical (unpaired) electrons. The van der Waals surface area contributed by atoms with Crippen LogP contribution in [0.1, 0.15) is 12.1 Å². The van der Waals surface area contributed by atoms with E-state index in [4.69, 9.17) is 16.7 Å². The normalized spacial score (nSPS) is 26.5.